The molecule has 0 aliphatic carbocycles. The van der Waals surface area contributed by atoms with Gasteiger partial charge in [-0.1, -0.05) is 30.3 Å². The molecule has 1 aliphatic rings. The molecule has 2 aromatic carbocycles. The van der Waals surface area contributed by atoms with E-state index in [1.807, 2.05) is 0 Å². The van der Waals surface area contributed by atoms with Crippen LogP contribution in [0.15, 0.2) is 59.5 Å². The molecule has 154 valence electrons. The molecule has 0 radical (unpaired) electrons. The van der Waals surface area contributed by atoms with Crippen molar-refractivity contribution >= 4 is 40.9 Å². The summed E-state index contributed by atoms with van der Waals surface area (Å²) in [5.41, 5.74) is 1.08. The zero-order chi connectivity index (χ0) is 21.7. The first-order chi connectivity index (χ1) is 14.3. The molecule has 8 heteroatoms. The maximum atomic E-state index is 12.4. The summed E-state index contributed by atoms with van der Waals surface area (Å²) in [6, 6.07) is 15.1. The second-order valence-electron chi connectivity index (χ2n) is 6.63. The molecule has 2 aromatic rings. The van der Waals surface area contributed by atoms with E-state index in [-0.39, 0.29) is 11.0 Å². The fraction of sp³-hybridized carbons (Fsp3) is 0.182. The van der Waals surface area contributed by atoms with Crippen molar-refractivity contribution in [1.29, 1.82) is 0 Å². The van der Waals surface area contributed by atoms with Gasteiger partial charge in [0, 0.05) is 0 Å². The number of carbonyl (C=O) groups is 4. The van der Waals surface area contributed by atoms with E-state index in [4.69, 9.17) is 9.47 Å². The quantitative estimate of drug-likeness (QED) is 0.394. The first-order valence-corrected chi connectivity index (χ1v) is 9.97. The van der Waals surface area contributed by atoms with Gasteiger partial charge in [0.15, 0.2) is 0 Å². The minimum Gasteiger partial charge on any atom is -0.462 e. The Bertz CT molecular complexity index is 998. The van der Waals surface area contributed by atoms with Crippen LogP contribution in [0, 0.1) is 0 Å². The Morgan fingerprint density at radius 2 is 1.70 bits per heavy atom. The van der Waals surface area contributed by atoms with E-state index in [1.54, 1.807) is 74.5 Å². The number of nitrogens with zero attached hydrogens (tertiary/aromatic N) is 1. The van der Waals surface area contributed by atoms with Crippen LogP contribution in [0.4, 0.5) is 4.79 Å². The number of hydrogen-bond donors (Lipinski definition) is 0. The second kappa shape index (κ2) is 9.41. The molecule has 1 aliphatic heterocycles. The summed E-state index contributed by atoms with van der Waals surface area (Å²) < 4.78 is 10.3. The molecule has 0 atom stereocenters. The summed E-state index contributed by atoms with van der Waals surface area (Å²) in [5.74, 6) is -1.31. The summed E-state index contributed by atoms with van der Waals surface area (Å²) in [5, 5.41) is -0.527. The third-order valence-electron chi connectivity index (χ3n) is 3.93. The number of ether oxygens (including phenoxy) is 2. The van der Waals surface area contributed by atoms with Crippen LogP contribution in [0.25, 0.3) is 6.08 Å². The number of carbonyl (C=O) groups excluding carboxylic acids is 4. The number of amides is 2. The highest BCUT2D eigenvalue weighted by Gasteiger charge is 2.36. The predicted molar refractivity (Wildman–Crippen MR) is 112 cm³/mol. The van der Waals surface area contributed by atoms with Gasteiger partial charge >= 0.3 is 11.9 Å². The van der Waals surface area contributed by atoms with Crippen LogP contribution in [0.3, 0.4) is 0 Å². The normalized spacial score (nSPS) is 15.0. The Morgan fingerprint density at radius 1 is 1.03 bits per heavy atom. The van der Waals surface area contributed by atoms with Crippen LogP contribution in [0.2, 0.25) is 0 Å². The van der Waals surface area contributed by atoms with Crippen LogP contribution in [-0.4, -0.2) is 40.6 Å². The first-order valence-electron chi connectivity index (χ1n) is 9.15. The van der Waals surface area contributed by atoms with Gasteiger partial charge in [0.2, 0.25) is 0 Å². The summed E-state index contributed by atoms with van der Waals surface area (Å²) in [4.78, 5) is 49.4. The van der Waals surface area contributed by atoms with Crippen molar-refractivity contribution in [3.63, 3.8) is 0 Å². The third kappa shape index (κ3) is 5.36. The van der Waals surface area contributed by atoms with Crippen LogP contribution in [0.1, 0.15) is 29.8 Å². The predicted octanol–water partition coefficient (Wildman–Crippen LogP) is 3.89. The average molecular weight is 425 g/mol. The molecule has 30 heavy (non-hydrogen) atoms. The number of hydrogen-bond acceptors (Lipinski definition) is 7. The van der Waals surface area contributed by atoms with E-state index in [2.05, 4.69) is 0 Å². The number of imide groups is 1. The minimum absolute atomic E-state index is 0.200. The van der Waals surface area contributed by atoms with E-state index >= 15 is 0 Å². The fourth-order valence-corrected chi connectivity index (χ4v) is 3.43. The van der Waals surface area contributed by atoms with Gasteiger partial charge in [-0.2, -0.15) is 0 Å². The third-order valence-corrected chi connectivity index (χ3v) is 4.83. The van der Waals surface area contributed by atoms with Gasteiger partial charge in [0.1, 0.15) is 12.3 Å². The molecule has 0 aromatic heterocycles. The van der Waals surface area contributed by atoms with E-state index < -0.39 is 29.6 Å². The van der Waals surface area contributed by atoms with Crippen molar-refractivity contribution in [2.45, 2.75) is 20.0 Å². The maximum absolute atomic E-state index is 12.4. The van der Waals surface area contributed by atoms with Crippen molar-refractivity contribution in [2.24, 2.45) is 0 Å². The number of benzene rings is 2. The molecule has 0 bridgehead atoms. The van der Waals surface area contributed by atoms with Gasteiger partial charge < -0.3 is 9.47 Å². The van der Waals surface area contributed by atoms with Crippen molar-refractivity contribution in [2.75, 3.05) is 6.54 Å². The summed E-state index contributed by atoms with van der Waals surface area (Å²) in [7, 11) is 0. The summed E-state index contributed by atoms with van der Waals surface area (Å²) in [6.07, 6.45) is 1.21. The molecule has 0 saturated carbocycles. The molecule has 0 unspecified atom stereocenters. The Hall–Kier alpha value is -3.39. The summed E-state index contributed by atoms with van der Waals surface area (Å²) in [6.45, 7) is 2.95. The number of thioether (sulfide) groups is 1. The van der Waals surface area contributed by atoms with Crippen LogP contribution >= 0.6 is 11.8 Å². The van der Waals surface area contributed by atoms with Gasteiger partial charge in [0.25, 0.3) is 11.1 Å². The van der Waals surface area contributed by atoms with E-state index in [0.29, 0.717) is 16.9 Å². The highest BCUT2D eigenvalue weighted by atomic mass is 32.2. The van der Waals surface area contributed by atoms with Gasteiger partial charge in [-0.15, -0.1) is 0 Å². The Labute approximate surface area is 177 Å². The van der Waals surface area contributed by atoms with Crippen molar-refractivity contribution < 1.29 is 28.7 Å². The lowest BCUT2D eigenvalue weighted by Crippen LogP contribution is -2.35. The van der Waals surface area contributed by atoms with Gasteiger partial charge in [-0.25, -0.2) is 4.79 Å². The maximum Gasteiger partial charge on any atom is 0.343 e. The second-order valence-corrected chi connectivity index (χ2v) is 7.62. The molecule has 7 nitrogen and oxygen atoms in total. The van der Waals surface area contributed by atoms with Gasteiger partial charge in [0.05, 0.1) is 16.6 Å². The Balaban J connectivity index is 1.65. The van der Waals surface area contributed by atoms with E-state index in [0.717, 1.165) is 16.7 Å². The van der Waals surface area contributed by atoms with Crippen molar-refractivity contribution in [3.05, 3.63) is 70.6 Å². The Kier molecular flexibility index (Phi) is 6.68. The molecule has 3 rings (SSSR count). The molecule has 1 saturated heterocycles. The lowest BCUT2D eigenvalue weighted by atomic mass is 10.2. The fourth-order valence-electron chi connectivity index (χ4n) is 2.59. The first kappa shape index (κ1) is 21.3. The van der Waals surface area contributed by atoms with E-state index in [9.17, 15) is 19.2 Å². The van der Waals surface area contributed by atoms with Gasteiger partial charge in [-0.05, 0) is 61.5 Å². The molecule has 1 heterocycles. The highest BCUT2D eigenvalue weighted by Crippen LogP contribution is 2.32. The average Bonchev–Trinajstić information content (AvgIpc) is 2.97. The molecule has 1 fully saturated rings. The van der Waals surface area contributed by atoms with Crippen LogP contribution in [-0.2, 0) is 14.3 Å². The van der Waals surface area contributed by atoms with E-state index in [1.165, 1.54) is 0 Å². The van der Waals surface area contributed by atoms with Crippen molar-refractivity contribution in [1.82, 2.24) is 4.90 Å². The van der Waals surface area contributed by atoms with Gasteiger partial charge in [-0.3, -0.25) is 19.3 Å². The molecule has 0 N–H and O–H groups in total. The minimum atomic E-state index is -0.641. The number of rotatable bonds is 6. The largest absolute Gasteiger partial charge is 0.462 e. The van der Waals surface area contributed by atoms with Crippen LogP contribution < -0.4 is 4.74 Å². The topological polar surface area (TPSA) is 90.0 Å². The summed E-state index contributed by atoms with van der Waals surface area (Å²) >= 11 is 0.755. The molecule has 2 amide bonds. The lowest BCUT2D eigenvalue weighted by Gasteiger charge is -2.13. The Morgan fingerprint density at radius 3 is 2.33 bits per heavy atom. The number of esters is 2. The monoisotopic (exact) mass is 425 g/mol. The highest BCUT2D eigenvalue weighted by molar-refractivity contribution is 8.18. The zero-order valence-corrected chi connectivity index (χ0v) is 17.2. The smallest absolute Gasteiger partial charge is 0.343 e. The standard InChI is InChI=1S/C22H19NO6S/c1-14(2)28-19(24)13-23-20(25)18(30-22(23)27)12-15-8-10-17(11-9-15)29-21(26)16-6-4-3-5-7-16/h3-12,14H,13H2,1-2H3/b18-12-. The van der Waals surface area contributed by atoms with Crippen LogP contribution in [0.5, 0.6) is 5.75 Å². The molecular weight excluding hydrogens is 406 g/mol. The lowest BCUT2D eigenvalue weighted by molar-refractivity contribution is -0.149. The zero-order valence-electron chi connectivity index (χ0n) is 16.4. The molecule has 0 spiro atoms. The van der Waals surface area contributed by atoms with Crippen molar-refractivity contribution in [3.8, 4) is 5.75 Å². The SMILES string of the molecule is CC(C)OC(=O)CN1C(=O)S/C(=C\c2ccc(OC(=O)c3ccccc3)cc2)C1=O. The molecular formula is C22H19NO6S.